The molecule has 22 heavy (non-hydrogen) atoms. The Kier molecular flexibility index (Phi) is 6.93. The van der Waals surface area contributed by atoms with E-state index >= 15 is 0 Å². The lowest BCUT2D eigenvalue weighted by Crippen LogP contribution is -2.32. The first-order valence-corrected chi connectivity index (χ1v) is 7.21. The van der Waals surface area contributed by atoms with Crippen LogP contribution in [0.4, 0.5) is 5.69 Å². The van der Waals surface area contributed by atoms with Gasteiger partial charge in [-0.25, -0.2) is 0 Å². The number of para-hydroxylation sites is 1. The van der Waals surface area contributed by atoms with Gasteiger partial charge in [0, 0.05) is 5.69 Å². The molecule has 0 radical (unpaired) electrons. The van der Waals surface area contributed by atoms with Crippen LogP contribution in [0.2, 0.25) is 0 Å². The van der Waals surface area contributed by atoms with E-state index in [9.17, 15) is 4.79 Å². The summed E-state index contributed by atoms with van der Waals surface area (Å²) in [4.78, 5) is 12.0. The highest BCUT2D eigenvalue weighted by atomic mass is 35.5. The Morgan fingerprint density at radius 1 is 1.05 bits per heavy atom. The molecule has 0 saturated heterocycles. The van der Waals surface area contributed by atoms with Crippen LogP contribution in [-0.2, 0) is 4.79 Å². The van der Waals surface area contributed by atoms with Crippen molar-refractivity contribution in [2.45, 2.75) is 26.8 Å². The number of aryl methyl sites for hydroxylation is 2. The summed E-state index contributed by atoms with van der Waals surface area (Å²) in [6, 6.07) is 16.0. The third-order valence-electron chi connectivity index (χ3n) is 3.64. The van der Waals surface area contributed by atoms with Crippen LogP contribution in [-0.4, -0.2) is 12.5 Å². The fourth-order valence-corrected chi connectivity index (χ4v) is 2.15. The third-order valence-corrected chi connectivity index (χ3v) is 3.64. The summed E-state index contributed by atoms with van der Waals surface area (Å²) in [6.45, 7) is 6.46. The predicted molar refractivity (Wildman–Crippen MR) is 94.7 cm³/mol. The van der Waals surface area contributed by atoms with E-state index in [1.807, 2.05) is 37.3 Å². The number of benzene rings is 2. The van der Waals surface area contributed by atoms with Crippen molar-refractivity contribution >= 4 is 24.0 Å². The largest absolute Gasteiger partial charge is 0.376 e. The van der Waals surface area contributed by atoms with Gasteiger partial charge in [0.1, 0.15) is 0 Å². The Balaban J connectivity index is 0.00000242. The Bertz CT molecular complexity index is 614. The highest BCUT2D eigenvalue weighted by molar-refractivity contribution is 5.85. The van der Waals surface area contributed by atoms with E-state index in [0.29, 0.717) is 0 Å². The summed E-state index contributed by atoms with van der Waals surface area (Å²) < 4.78 is 0. The van der Waals surface area contributed by atoms with E-state index in [1.165, 1.54) is 11.1 Å². The summed E-state index contributed by atoms with van der Waals surface area (Å²) in [6.07, 6.45) is 0. The van der Waals surface area contributed by atoms with E-state index in [2.05, 4.69) is 42.7 Å². The van der Waals surface area contributed by atoms with Gasteiger partial charge in [-0.1, -0.05) is 36.4 Å². The van der Waals surface area contributed by atoms with E-state index in [-0.39, 0.29) is 30.9 Å². The molecule has 4 heteroatoms. The number of anilines is 1. The first-order chi connectivity index (χ1) is 10.1. The highest BCUT2D eigenvalue weighted by Gasteiger charge is 2.10. The first kappa shape index (κ1) is 18.1. The lowest BCUT2D eigenvalue weighted by molar-refractivity contribution is -0.120. The molecule has 0 aromatic heterocycles. The van der Waals surface area contributed by atoms with Gasteiger partial charge in [-0.15, -0.1) is 12.4 Å². The molecule has 0 saturated carbocycles. The zero-order chi connectivity index (χ0) is 15.2. The number of rotatable bonds is 5. The Morgan fingerprint density at radius 3 is 2.36 bits per heavy atom. The molecule has 0 bridgehead atoms. The average Bonchev–Trinajstić information content (AvgIpc) is 2.49. The number of halogens is 1. The van der Waals surface area contributed by atoms with Gasteiger partial charge in [-0.3, -0.25) is 4.79 Å². The molecule has 0 heterocycles. The van der Waals surface area contributed by atoms with Gasteiger partial charge in [0.2, 0.25) is 5.91 Å². The molecule has 2 rings (SSSR count). The quantitative estimate of drug-likeness (QED) is 0.874. The van der Waals surface area contributed by atoms with Crippen LogP contribution < -0.4 is 10.6 Å². The van der Waals surface area contributed by atoms with Gasteiger partial charge in [0.25, 0.3) is 0 Å². The predicted octanol–water partition coefficient (Wildman–Crippen LogP) is 4.01. The zero-order valence-corrected chi connectivity index (χ0v) is 14.0. The molecule has 1 atom stereocenters. The minimum absolute atomic E-state index is 0. The summed E-state index contributed by atoms with van der Waals surface area (Å²) in [7, 11) is 0. The molecule has 0 aliphatic rings. The fraction of sp³-hybridized carbons (Fsp3) is 0.278. The third kappa shape index (κ3) is 5.08. The van der Waals surface area contributed by atoms with Crippen molar-refractivity contribution in [3.05, 3.63) is 65.2 Å². The molecule has 3 nitrogen and oxygen atoms in total. The van der Waals surface area contributed by atoms with Crippen LogP contribution in [0.5, 0.6) is 0 Å². The molecule has 2 N–H and O–H groups in total. The molecule has 0 aliphatic carbocycles. The SMILES string of the molecule is Cc1ccc(C(C)NC(=O)CNc2ccccc2)cc1C.Cl. The van der Waals surface area contributed by atoms with E-state index < -0.39 is 0 Å². The molecule has 1 unspecified atom stereocenters. The van der Waals surface area contributed by atoms with Gasteiger partial charge in [-0.05, 0) is 49.6 Å². The monoisotopic (exact) mass is 318 g/mol. The number of hydrogen-bond acceptors (Lipinski definition) is 2. The van der Waals surface area contributed by atoms with Crippen LogP contribution >= 0.6 is 12.4 Å². The number of hydrogen-bond donors (Lipinski definition) is 2. The van der Waals surface area contributed by atoms with Crippen LogP contribution in [0.3, 0.4) is 0 Å². The standard InChI is InChI=1S/C18H22N2O.ClH/c1-13-9-10-16(11-14(13)2)15(3)20-18(21)12-19-17-7-5-4-6-8-17;/h4-11,15,19H,12H2,1-3H3,(H,20,21);1H. The van der Waals surface area contributed by atoms with Gasteiger partial charge < -0.3 is 10.6 Å². The minimum atomic E-state index is -0.00965. The number of amides is 1. The lowest BCUT2D eigenvalue weighted by atomic mass is 10.0. The summed E-state index contributed by atoms with van der Waals surface area (Å²) >= 11 is 0. The smallest absolute Gasteiger partial charge is 0.239 e. The molecule has 2 aromatic carbocycles. The van der Waals surface area contributed by atoms with E-state index in [1.54, 1.807) is 0 Å². The van der Waals surface area contributed by atoms with Crippen LogP contribution in [0.15, 0.2) is 48.5 Å². The topological polar surface area (TPSA) is 41.1 Å². The maximum atomic E-state index is 12.0. The molecular weight excluding hydrogens is 296 g/mol. The summed E-state index contributed by atoms with van der Waals surface area (Å²) in [5.74, 6) is -0.00965. The van der Waals surface area contributed by atoms with Crippen LogP contribution in [0, 0.1) is 13.8 Å². The first-order valence-electron chi connectivity index (χ1n) is 7.21. The van der Waals surface area contributed by atoms with Crippen molar-refractivity contribution in [3.63, 3.8) is 0 Å². The molecular formula is C18H23ClN2O. The van der Waals surface area contributed by atoms with Crippen molar-refractivity contribution < 1.29 is 4.79 Å². The van der Waals surface area contributed by atoms with Crippen molar-refractivity contribution in [2.75, 3.05) is 11.9 Å². The second kappa shape index (κ2) is 8.44. The number of nitrogens with one attached hydrogen (secondary N) is 2. The molecule has 0 spiro atoms. The molecule has 2 aromatic rings. The van der Waals surface area contributed by atoms with Gasteiger partial charge in [0.05, 0.1) is 12.6 Å². The summed E-state index contributed by atoms with van der Waals surface area (Å²) in [5.41, 5.74) is 4.59. The van der Waals surface area contributed by atoms with Crippen LogP contribution in [0.25, 0.3) is 0 Å². The van der Waals surface area contributed by atoms with Gasteiger partial charge >= 0.3 is 0 Å². The van der Waals surface area contributed by atoms with E-state index in [0.717, 1.165) is 11.3 Å². The molecule has 118 valence electrons. The van der Waals surface area contributed by atoms with Crippen LogP contribution in [0.1, 0.15) is 29.7 Å². The fourth-order valence-electron chi connectivity index (χ4n) is 2.15. The summed E-state index contributed by atoms with van der Waals surface area (Å²) in [5, 5.41) is 6.12. The number of carbonyl (C=O) groups excluding carboxylic acids is 1. The van der Waals surface area contributed by atoms with E-state index in [4.69, 9.17) is 0 Å². The molecule has 0 fully saturated rings. The van der Waals surface area contributed by atoms with Gasteiger partial charge in [-0.2, -0.15) is 0 Å². The Labute approximate surface area is 138 Å². The van der Waals surface area contributed by atoms with Gasteiger partial charge in [0.15, 0.2) is 0 Å². The maximum Gasteiger partial charge on any atom is 0.239 e. The zero-order valence-electron chi connectivity index (χ0n) is 13.2. The maximum absolute atomic E-state index is 12.0. The number of carbonyl (C=O) groups is 1. The molecule has 1 amide bonds. The van der Waals surface area contributed by atoms with Crippen molar-refractivity contribution in [1.82, 2.24) is 5.32 Å². The molecule has 0 aliphatic heterocycles. The van der Waals surface area contributed by atoms with Crippen molar-refractivity contribution in [2.24, 2.45) is 0 Å². The lowest BCUT2D eigenvalue weighted by Gasteiger charge is -2.16. The average molecular weight is 319 g/mol. The Hall–Kier alpha value is -2.00. The second-order valence-corrected chi connectivity index (χ2v) is 5.35. The Morgan fingerprint density at radius 2 is 1.73 bits per heavy atom. The normalized spacial score (nSPS) is 11.2. The van der Waals surface area contributed by atoms with Crippen molar-refractivity contribution in [3.8, 4) is 0 Å². The highest BCUT2D eigenvalue weighted by Crippen LogP contribution is 2.16. The second-order valence-electron chi connectivity index (χ2n) is 5.35. The van der Waals surface area contributed by atoms with Crippen molar-refractivity contribution in [1.29, 1.82) is 0 Å². The minimum Gasteiger partial charge on any atom is -0.376 e.